The molecule has 3 aromatic rings. The maximum Gasteiger partial charge on any atom is 0.266 e. The summed E-state index contributed by atoms with van der Waals surface area (Å²) in [6.45, 7) is 28.9. The summed E-state index contributed by atoms with van der Waals surface area (Å²) in [4.78, 5) is 38.1. The predicted molar refractivity (Wildman–Crippen MR) is 577 cm³/mol. The van der Waals surface area contributed by atoms with Crippen molar-refractivity contribution in [2.45, 2.75) is 390 Å². The van der Waals surface area contributed by atoms with E-state index in [4.69, 9.17) is 16.3 Å². The zero-order valence-electron chi connectivity index (χ0n) is 89.9. The Labute approximate surface area is 883 Å². The standard InChI is InChI=1S/C29H40N2O.C26H40N2O2.C25H37FN2O.C23H33ClO2S.C22H34F2O2S/c1-20(18-31-16-15-30-19-31)26-7-8-27-25-6-5-22-17-29(32,13-9-21-3-4-21)14-11-23(22)24(25)10-12-28(26,27)2;1-18(15-28-13-12-27-17-28)23-6-7-24-22-5-4-19-14-26(29,16-30-3)11-9-20(19)21(22)8-10-25(23,24)2;1-17(14-28-12-11-27-16-28)22-5-6-23-21-4-3-18-13-25(29,15-26)10-8-19(18)20(21)7-9-24(22,23)2;1-22-9-7-17-16-8-10-23(26,11-12-24)13-15(16)3-4-18(17)19(22)5-6-20(22)21(25)14-27-2;1-21-9-7-15-14-8-10-22(26,20(23)24)11-13(14)3-4-16(15)17(21)5-6-18(21)19(25)12-27-2/h15-16,19,21-27,32H,1,3-8,10-12,14,17-18H2,2H3;12-13,17,19-24,29H,1,4-11,14-16H2,2-3H3;11-12,16,18-23,29H,1,3-10,13-15H2,2H3;15-20,26H,3-10,13-14H2,1-2H3;13-18,20,26H,3-12H2,1-2H3/t22-,23+,24-,25-,26-,27+,28-,29+;19-,20+,21-,22-,23-,24+,25-,26+;18-,19+,20-,21-,22-,23+,24-,25+;15-,16+,17-,18-,19+,20-,22+,23-;13-,14+,15-,16-,17+,18-,21+,22+/m11111/s1. The van der Waals surface area contributed by atoms with Gasteiger partial charge in [0.2, 0.25) is 0 Å². The number of imidazole rings is 3. The number of alkyl halides is 3. The molecule has 0 unspecified atom stereocenters. The summed E-state index contributed by atoms with van der Waals surface area (Å²) in [5.41, 5.74) is 0.935. The summed E-state index contributed by atoms with van der Waals surface area (Å²) in [5.74, 6) is 33.3. The largest absolute Gasteiger partial charge is 0.387 e. The Morgan fingerprint density at radius 3 is 1.01 bits per heavy atom. The highest BCUT2D eigenvalue weighted by atomic mass is 35.5. The lowest BCUT2D eigenvalue weighted by atomic mass is 9.48. The number of rotatable bonds is 19. The van der Waals surface area contributed by atoms with Crippen LogP contribution in [0.3, 0.4) is 0 Å². The van der Waals surface area contributed by atoms with Crippen LogP contribution in [0.5, 0.6) is 0 Å². The van der Waals surface area contributed by atoms with Crippen LogP contribution in [0.15, 0.2) is 92.6 Å². The lowest BCUT2D eigenvalue weighted by molar-refractivity contribution is -0.160. The number of Topliss-reactive ketones (excluding diaryl/α,β-unsaturated/α-hetero) is 2. The lowest BCUT2D eigenvalue weighted by Gasteiger charge is -2.57. The highest BCUT2D eigenvalue weighted by Crippen LogP contribution is 2.73. The first kappa shape index (κ1) is 108. The minimum atomic E-state index is -2.62. The number of hydrogen-bond acceptors (Lipinski definition) is 13. The van der Waals surface area contributed by atoms with E-state index in [1.807, 2.05) is 56.3 Å². The number of methoxy groups -OCH3 is 1. The Morgan fingerprint density at radius 1 is 0.386 bits per heavy atom. The fourth-order valence-electron chi connectivity index (χ4n) is 41.8. The molecule has 21 saturated carbocycles. The smallest absolute Gasteiger partial charge is 0.266 e. The molecule has 14 nitrogen and oxygen atoms in total. The molecule has 5 N–H and O–H groups in total. The number of nitrogens with zero attached hydrogens (tertiary/aromatic N) is 6. The van der Waals surface area contributed by atoms with Crippen molar-refractivity contribution in [2.24, 2.45) is 211 Å². The van der Waals surface area contributed by atoms with E-state index in [-0.39, 0.29) is 35.5 Å². The van der Waals surface area contributed by atoms with Gasteiger partial charge < -0.3 is 44.0 Å². The van der Waals surface area contributed by atoms with Crippen molar-refractivity contribution in [3.8, 4) is 23.1 Å². The number of allylic oxidation sites excluding steroid dienone is 3. The van der Waals surface area contributed by atoms with Crippen LogP contribution in [-0.4, -0.2) is 145 Å². The fraction of sp³-hybridized carbons (Fsp3) is 0.832. The van der Waals surface area contributed by atoms with Gasteiger partial charge in [-0.25, -0.2) is 28.1 Å². The molecule has 0 aromatic carbocycles. The van der Waals surface area contributed by atoms with Crippen LogP contribution >= 0.6 is 35.1 Å². The molecule has 21 fully saturated rings. The third kappa shape index (κ3) is 21.0. The number of hydrogen-bond donors (Lipinski definition) is 5. The third-order valence-electron chi connectivity index (χ3n) is 48.4. The molecule has 20 heteroatoms. The third-order valence-corrected chi connectivity index (χ3v) is 49.6. The van der Waals surface area contributed by atoms with Crippen LogP contribution in [0.25, 0.3) is 0 Å². The summed E-state index contributed by atoms with van der Waals surface area (Å²) in [7, 11) is 1.72. The van der Waals surface area contributed by atoms with Gasteiger partial charge in [0.25, 0.3) is 6.43 Å². The molecule has 21 aliphatic carbocycles. The molecular formula is C125H184ClF3N6O8S2. The first-order valence-corrected chi connectivity index (χ1v) is 62.2. The Kier molecular flexibility index (Phi) is 32.4. The normalized spacial score (nSPS) is 46.9. The van der Waals surface area contributed by atoms with Crippen molar-refractivity contribution < 1.29 is 53.0 Å². The SMILES string of the molecule is C=C(Cn1ccnc1)[C@H]1CC[C@H]2[C@@H]3CC[C@@H]4C[C@](O)(C#CC5CC5)CC[C@@H]4[C@H]3CC[C@]12C.C=C(Cn1ccnc1)[C@H]1CC[C@H]2[C@@H]3CC[C@@H]4C[C@](O)(CF)CC[C@@H]4[C@H]3CC[C@]12C.C=C(Cn1ccnc1)[C@H]1CC[C@H]2[C@@H]3CC[C@@H]4C[C@](O)(COC)CC[C@@H]4[C@H]3CC[C@]12C.CSCC(=O)[C@H]1CC[C@H]2[C@@H]3CC[C@@H]4C[C@](O)(C#CCl)CC[C@@H]4[C@H]3CC[C@]12C.CSCC(=O)[C@H]1CC[C@H]2[C@@H]3CC[C@@H]4C[C@](O)(C(F)F)CC[C@@H]4[C@H]3CC[C@]12C. The number of ketones is 2. The quantitative estimate of drug-likeness (QED) is 0.0562. The number of aromatic nitrogens is 6. The number of carbonyl (C=O) groups excluding carboxylic acids is 2. The molecule has 24 rings (SSSR count). The van der Waals surface area contributed by atoms with Gasteiger partial charge in [-0.15, -0.1) is 0 Å². The molecular weight excluding hydrogens is 1870 g/mol. The Morgan fingerprint density at radius 2 is 0.690 bits per heavy atom. The van der Waals surface area contributed by atoms with Gasteiger partial charge in [0.1, 0.15) is 35.0 Å². The molecule has 3 aromatic heterocycles. The fourth-order valence-corrected chi connectivity index (χ4v) is 43.0. The average Bonchev–Trinajstić information content (AvgIpc) is 1.61. The van der Waals surface area contributed by atoms with Crippen molar-refractivity contribution in [1.82, 2.24) is 28.7 Å². The molecule has 802 valence electrons. The van der Waals surface area contributed by atoms with Gasteiger partial charge in [0.05, 0.1) is 48.3 Å². The van der Waals surface area contributed by atoms with Crippen LogP contribution in [0, 0.1) is 234 Å². The summed E-state index contributed by atoms with van der Waals surface area (Å²) >= 11 is 8.92. The lowest BCUT2D eigenvalue weighted by Crippen LogP contribution is -2.53. The molecule has 0 spiro atoms. The van der Waals surface area contributed by atoms with E-state index in [1.165, 1.54) is 197 Å². The molecule has 0 amide bonds. The summed E-state index contributed by atoms with van der Waals surface area (Å²) in [6.07, 6.45) is 71.9. The average molecular weight is 2060 g/mol. The monoisotopic (exact) mass is 2050 g/mol. The number of ether oxygens (including phenoxy) is 1. The number of carbonyl (C=O) groups is 2. The topological polar surface area (TPSA) is 198 Å². The summed E-state index contributed by atoms with van der Waals surface area (Å²) < 4.78 is 51.9. The Balaban J connectivity index is 0.000000111. The second-order valence-electron chi connectivity index (χ2n) is 55.0. The first-order chi connectivity index (χ1) is 69.5. The van der Waals surface area contributed by atoms with E-state index in [1.54, 1.807) is 30.6 Å². The molecule has 21 aliphatic rings. The first-order valence-electron chi connectivity index (χ1n) is 59.1. The van der Waals surface area contributed by atoms with E-state index >= 15 is 0 Å². The van der Waals surface area contributed by atoms with E-state index in [2.05, 4.69) is 119 Å². The van der Waals surface area contributed by atoms with Crippen molar-refractivity contribution in [3.63, 3.8) is 0 Å². The van der Waals surface area contributed by atoms with E-state index in [9.17, 15) is 48.3 Å². The van der Waals surface area contributed by atoms with Crippen molar-refractivity contribution in [2.75, 3.05) is 44.4 Å². The highest BCUT2D eigenvalue weighted by Gasteiger charge is 2.66. The van der Waals surface area contributed by atoms with Crippen LogP contribution in [0.2, 0.25) is 0 Å². The Hall–Kier alpha value is -4.15. The highest BCUT2D eigenvalue weighted by molar-refractivity contribution is 7.99. The minimum absolute atomic E-state index is 0.152. The van der Waals surface area contributed by atoms with Crippen molar-refractivity contribution in [1.29, 1.82) is 0 Å². The van der Waals surface area contributed by atoms with Crippen LogP contribution in [-0.2, 0) is 34.0 Å². The van der Waals surface area contributed by atoms with E-state index < -0.39 is 41.1 Å². The Bertz CT molecular complexity index is 5110. The predicted octanol–water partition coefficient (Wildman–Crippen LogP) is 26.6. The van der Waals surface area contributed by atoms with Gasteiger partial charge >= 0.3 is 0 Å². The van der Waals surface area contributed by atoms with Gasteiger partial charge in [-0.1, -0.05) is 88.8 Å². The van der Waals surface area contributed by atoms with Gasteiger partial charge in [-0.05, 0) is 519 Å². The van der Waals surface area contributed by atoms with Crippen LogP contribution < -0.4 is 0 Å². The van der Waals surface area contributed by atoms with Gasteiger partial charge in [0.15, 0.2) is 0 Å². The van der Waals surface area contributed by atoms with E-state index in [0.29, 0.717) is 136 Å². The van der Waals surface area contributed by atoms with Crippen molar-refractivity contribution in [3.05, 3.63) is 92.6 Å². The second kappa shape index (κ2) is 43.5. The van der Waals surface area contributed by atoms with Crippen LogP contribution in [0.4, 0.5) is 13.2 Å². The minimum Gasteiger partial charge on any atom is -0.387 e. The maximum atomic E-state index is 13.4. The van der Waals surface area contributed by atoms with E-state index in [0.717, 1.165) is 211 Å². The molecule has 3 heterocycles. The van der Waals surface area contributed by atoms with Gasteiger partial charge in [-0.3, -0.25) is 9.59 Å². The number of fused-ring (bicyclic) bond motifs is 25. The molecule has 0 bridgehead atoms. The van der Waals surface area contributed by atoms with Crippen LogP contribution in [0.1, 0.15) is 336 Å². The summed E-state index contributed by atoms with van der Waals surface area (Å²) in [6, 6.07) is 0. The molecule has 145 heavy (non-hydrogen) atoms. The molecule has 0 saturated heterocycles. The zero-order chi connectivity index (χ0) is 102. The molecule has 0 radical (unpaired) electrons. The number of thioether (sulfide) groups is 2. The second-order valence-corrected chi connectivity index (χ2v) is 56.9. The van der Waals surface area contributed by atoms with Crippen molar-refractivity contribution >= 4 is 46.7 Å². The number of halogens is 4. The maximum absolute atomic E-state index is 13.4. The van der Waals surface area contributed by atoms with Gasteiger partial charge in [0, 0.05) is 87.1 Å². The molecule has 0 aliphatic heterocycles. The summed E-state index contributed by atoms with van der Waals surface area (Å²) in [5, 5.41) is 56.2. The molecule has 40 atom stereocenters. The van der Waals surface area contributed by atoms with Gasteiger partial charge in [-0.2, -0.15) is 23.5 Å². The number of aliphatic hydroxyl groups is 5. The zero-order valence-corrected chi connectivity index (χ0v) is 92.3.